The highest BCUT2D eigenvalue weighted by molar-refractivity contribution is 7.92. The second kappa shape index (κ2) is 9.80. The van der Waals surface area contributed by atoms with E-state index in [-0.39, 0.29) is 10.5 Å². The fourth-order valence-electron chi connectivity index (χ4n) is 2.86. The van der Waals surface area contributed by atoms with Crippen LogP contribution in [0.1, 0.15) is 10.4 Å². The topological polar surface area (TPSA) is 103 Å². The average molecular weight is 477 g/mol. The number of carbonyl (C=O) groups is 1. The molecule has 10 heteroatoms. The monoisotopic (exact) mass is 476 g/mol. The van der Waals surface area contributed by atoms with E-state index in [9.17, 15) is 13.2 Å². The first-order valence-corrected chi connectivity index (χ1v) is 11.1. The van der Waals surface area contributed by atoms with Crippen LogP contribution in [0, 0.1) is 0 Å². The quantitative estimate of drug-likeness (QED) is 0.499. The summed E-state index contributed by atoms with van der Waals surface area (Å²) in [5.74, 6) is 0.617. The standard InChI is InChI=1S/C22H21ClN2O6S/c1-29-19-12-14(13-20(30-2)21(19)31-3)22(26)24-16-8-10-18(11-9-16)32(27,28)25-17-6-4-15(23)5-7-17/h4-13,25H,1-3H3,(H,24,26). The van der Waals surface area contributed by atoms with Gasteiger partial charge >= 0.3 is 0 Å². The first-order chi connectivity index (χ1) is 15.3. The fourth-order valence-corrected chi connectivity index (χ4v) is 4.05. The molecule has 3 aromatic carbocycles. The molecule has 0 heterocycles. The maximum atomic E-state index is 12.7. The van der Waals surface area contributed by atoms with E-state index in [2.05, 4.69) is 10.0 Å². The molecular weight excluding hydrogens is 456 g/mol. The molecule has 0 spiro atoms. The Morgan fingerprint density at radius 3 is 1.84 bits per heavy atom. The molecular formula is C22H21ClN2O6S. The van der Waals surface area contributed by atoms with Gasteiger partial charge in [0.2, 0.25) is 5.75 Å². The largest absolute Gasteiger partial charge is 0.493 e. The Labute approximate surface area is 191 Å². The molecule has 0 aliphatic carbocycles. The highest BCUT2D eigenvalue weighted by Crippen LogP contribution is 2.38. The van der Waals surface area contributed by atoms with Gasteiger partial charge in [-0.3, -0.25) is 9.52 Å². The van der Waals surface area contributed by atoms with Gasteiger partial charge in [-0.25, -0.2) is 8.42 Å². The van der Waals surface area contributed by atoms with Crippen LogP contribution in [0.2, 0.25) is 5.02 Å². The molecule has 3 rings (SSSR count). The van der Waals surface area contributed by atoms with Gasteiger partial charge in [0.1, 0.15) is 0 Å². The molecule has 168 valence electrons. The molecule has 0 radical (unpaired) electrons. The third-order valence-electron chi connectivity index (χ3n) is 4.45. The lowest BCUT2D eigenvalue weighted by molar-refractivity contribution is 0.102. The fraction of sp³-hybridized carbons (Fsp3) is 0.136. The molecule has 0 saturated heterocycles. The summed E-state index contributed by atoms with van der Waals surface area (Å²) in [6.07, 6.45) is 0. The van der Waals surface area contributed by atoms with Crippen LogP contribution in [-0.2, 0) is 10.0 Å². The lowest BCUT2D eigenvalue weighted by atomic mass is 10.1. The summed E-state index contributed by atoms with van der Waals surface area (Å²) in [5.41, 5.74) is 1.07. The third-order valence-corrected chi connectivity index (χ3v) is 6.10. The van der Waals surface area contributed by atoms with Gasteiger partial charge in [-0.05, 0) is 60.7 Å². The van der Waals surface area contributed by atoms with E-state index in [1.54, 1.807) is 24.3 Å². The number of anilines is 2. The number of halogens is 1. The molecule has 0 bridgehead atoms. The lowest BCUT2D eigenvalue weighted by Crippen LogP contribution is -2.14. The zero-order chi connectivity index (χ0) is 23.3. The van der Waals surface area contributed by atoms with Crippen molar-refractivity contribution in [2.75, 3.05) is 31.4 Å². The van der Waals surface area contributed by atoms with E-state index >= 15 is 0 Å². The van der Waals surface area contributed by atoms with Gasteiger partial charge in [-0.1, -0.05) is 11.6 Å². The number of carbonyl (C=O) groups excluding carboxylic acids is 1. The Morgan fingerprint density at radius 1 is 0.812 bits per heavy atom. The van der Waals surface area contributed by atoms with E-state index in [0.29, 0.717) is 33.6 Å². The number of rotatable bonds is 8. The van der Waals surface area contributed by atoms with Crippen LogP contribution in [0.15, 0.2) is 65.6 Å². The smallest absolute Gasteiger partial charge is 0.261 e. The molecule has 8 nitrogen and oxygen atoms in total. The van der Waals surface area contributed by atoms with Crippen LogP contribution in [0.5, 0.6) is 17.2 Å². The SMILES string of the molecule is COc1cc(C(=O)Nc2ccc(S(=O)(=O)Nc3ccc(Cl)cc3)cc2)cc(OC)c1OC. The molecule has 0 aliphatic heterocycles. The van der Waals surface area contributed by atoms with Crippen molar-refractivity contribution in [3.8, 4) is 17.2 Å². The third kappa shape index (κ3) is 5.24. The molecule has 1 amide bonds. The van der Waals surface area contributed by atoms with Crippen LogP contribution in [0.4, 0.5) is 11.4 Å². The number of amides is 1. The van der Waals surface area contributed by atoms with Crippen LogP contribution >= 0.6 is 11.6 Å². The van der Waals surface area contributed by atoms with Gasteiger partial charge < -0.3 is 19.5 Å². The van der Waals surface area contributed by atoms with E-state index < -0.39 is 15.9 Å². The summed E-state index contributed by atoms with van der Waals surface area (Å²) in [6.45, 7) is 0. The van der Waals surface area contributed by atoms with Crippen LogP contribution in [-0.4, -0.2) is 35.7 Å². The Hall–Kier alpha value is -3.43. The molecule has 0 unspecified atom stereocenters. The van der Waals surface area contributed by atoms with E-state index in [4.69, 9.17) is 25.8 Å². The number of hydrogen-bond acceptors (Lipinski definition) is 6. The molecule has 3 aromatic rings. The van der Waals surface area contributed by atoms with Crippen molar-refractivity contribution >= 4 is 38.9 Å². The van der Waals surface area contributed by atoms with Crippen molar-refractivity contribution in [2.24, 2.45) is 0 Å². The number of benzene rings is 3. The number of nitrogens with one attached hydrogen (secondary N) is 2. The molecule has 0 saturated carbocycles. The summed E-state index contributed by atoms with van der Waals surface area (Å²) in [4.78, 5) is 12.7. The summed E-state index contributed by atoms with van der Waals surface area (Å²) >= 11 is 5.82. The first kappa shape index (κ1) is 23.2. The van der Waals surface area contributed by atoms with Gasteiger partial charge in [0, 0.05) is 22.0 Å². The van der Waals surface area contributed by atoms with Crippen molar-refractivity contribution in [1.82, 2.24) is 0 Å². The number of methoxy groups -OCH3 is 3. The minimum Gasteiger partial charge on any atom is -0.493 e. The molecule has 0 aliphatic rings. The summed E-state index contributed by atoms with van der Waals surface area (Å²) < 4.78 is 43.4. The van der Waals surface area contributed by atoms with Gasteiger partial charge in [0.25, 0.3) is 15.9 Å². The van der Waals surface area contributed by atoms with Crippen LogP contribution in [0.3, 0.4) is 0 Å². The zero-order valence-corrected chi connectivity index (χ0v) is 19.1. The Morgan fingerprint density at radius 2 is 1.34 bits per heavy atom. The summed E-state index contributed by atoms with van der Waals surface area (Å²) in [5, 5.41) is 3.21. The minimum absolute atomic E-state index is 0.0400. The summed E-state index contributed by atoms with van der Waals surface area (Å²) in [6, 6.07) is 15.1. The van der Waals surface area contributed by atoms with Gasteiger partial charge in [0.15, 0.2) is 11.5 Å². The number of sulfonamides is 1. The second-order valence-electron chi connectivity index (χ2n) is 6.50. The Bertz CT molecular complexity index is 1190. The number of hydrogen-bond donors (Lipinski definition) is 2. The lowest BCUT2D eigenvalue weighted by Gasteiger charge is -2.14. The van der Waals surface area contributed by atoms with Crippen molar-refractivity contribution in [1.29, 1.82) is 0 Å². The Balaban J connectivity index is 1.77. The van der Waals surface area contributed by atoms with Gasteiger partial charge in [0.05, 0.1) is 26.2 Å². The van der Waals surface area contributed by atoms with Crippen LogP contribution < -0.4 is 24.2 Å². The molecule has 0 aromatic heterocycles. The predicted molar refractivity (Wildman–Crippen MR) is 123 cm³/mol. The Kier molecular flexibility index (Phi) is 7.12. The van der Waals surface area contributed by atoms with E-state index in [1.807, 2.05) is 0 Å². The average Bonchev–Trinajstić information content (AvgIpc) is 2.79. The number of ether oxygens (including phenoxy) is 3. The first-order valence-electron chi connectivity index (χ1n) is 9.27. The predicted octanol–water partition coefficient (Wildman–Crippen LogP) is 4.42. The maximum Gasteiger partial charge on any atom is 0.261 e. The van der Waals surface area contributed by atoms with Crippen molar-refractivity contribution in [3.05, 3.63) is 71.2 Å². The molecule has 32 heavy (non-hydrogen) atoms. The normalized spacial score (nSPS) is 10.9. The van der Waals surface area contributed by atoms with Gasteiger partial charge in [-0.2, -0.15) is 0 Å². The minimum atomic E-state index is -3.80. The molecule has 0 fully saturated rings. The highest BCUT2D eigenvalue weighted by atomic mass is 35.5. The van der Waals surface area contributed by atoms with Crippen molar-refractivity contribution < 1.29 is 27.4 Å². The van der Waals surface area contributed by atoms with Crippen LogP contribution in [0.25, 0.3) is 0 Å². The van der Waals surface area contributed by atoms with E-state index in [1.165, 1.54) is 57.7 Å². The molecule has 0 atom stereocenters. The maximum absolute atomic E-state index is 12.7. The van der Waals surface area contributed by atoms with Crippen molar-refractivity contribution in [3.63, 3.8) is 0 Å². The highest BCUT2D eigenvalue weighted by Gasteiger charge is 2.18. The molecule has 2 N–H and O–H groups in total. The summed E-state index contributed by atoms with van der Waals surface area (Å²) in [7, 11) is 0.577. The van der Waals surface area contributed by atoms with E-state index in [0.717, 1.165) is 0 Å². The second-order valence-corrected chi connectivity index (χ2v) is 8.62. The van der Waals surface area contributed by atoms with Gasteiger partial charge in [-0.15, -0.1) is 0 Å². The van der Waals surface area contributed by atoms with Crippen molar-refractivity contribution in [2.45, 2.75) is 4.90 Å². The zero-order valence-electron chi connectivity index (χ0n) is 17.5.